The summed E-state index contributed by atoms with van der Waals surface area (Å²) in [5.74, 6) is 0.916. The van der Waals surface area contributed by atoms with Crippen LogP contribution in [0.4, 0.5) is 0 Å². The molecule has 0 spiro atoms. The van der Waals surface area contributed by atoms with Gasteiger partial charge in [0.15, 0.2) is 0 Å². The molecule has 0 aromatic heterocycles. The molecular formula is C21H29O4P. The minimum absolute atomic E-state index is 0.334. The van der Waals surface area contributed by atoms with Crippen LogP contribution in [0, 0.1) is 5.41 Å². The Bertz CT molecular complexity index is 635. The fourth-order valence-electron chi connectivity index (χ4n) is 2.40. The molecule has 0 heterocycles. The van der Waals surface area contributed by atoms with Gasteiger partial charge in [-0.05, 0) is 42.5 Å². The van der Waals surface area contributed by atoms with Crippen molar-refractivity contribution >= 4 is 7.82 Å². The summed E-state index contributed by atoms with van der Waals surface area (Å²) in [5, 5.41) is 0. The number of hydrogen-bond donors (Lipinski definition) is 0. The van der Waals surface area contributed by atoms with Gasteiger partial charge in [0, 0.05) is 0 Å². The SMILES string of the molecule is CC(C)(C)CCCCCOP(=O)(Oc1ccccc1)Oc1ccccc1. The smallest absolute Gasteiger partial charge is 0.395 e. The van der Waals surface area contributed by atoms with Crippen LogP contribution in [0.5, 0.6) is 11.5 Å². The maximum atomic E-state index is 13.1. The summed E-state index contributed by atoms with van der Waals surface area (Å²) in [7, 11) is -3.74. The summed E-state index contributed by atoms with van der Waals surface area (Å²) in [6.07, 6.45) is 4.12. The van der Waals surface area contributed by atoms with Crippen molar-refractivity contribution in [2.45, 2.75) is 46.5 Å². The molecule has 0 fully saturated rings. The summed E-state index contributed by atoms with van der Waals surface area (Å²) in [4.78, 5) is 0. The van der Waals surface area contributed by atoms with Gasteiger partial charge in [-0.25, -0.2) is 4.57 Å². The summed E-state index contributed by atoms with van der Waals surface area (Å²) >= 11 is 0. The predicted molar refractivity (Wildman–Crippen MR) is 106 cm³/mol. The molecule has 2 aromatic rings. The zero-order chi connectivity index (χ0) is 18.9. The Morgan fingerprint density at radius 1 is 0.769 bits per heavy atom. The van der Waals surface area contributed by atoms with E-state index < -0.39 is 7.82 Å². The second kappa shape index (κ2) is 9.80. The van der Waals surface area contributed by atoms with Crippen molar-refractivity contribution in [1.82, 2.24) is 0 Å². The van der Waals surface area contributed by atoms with Crippen LogP contribution >= 0.6 is 7.82 Å². The van der Waals surface area contributed by atoms with Gasteiger partial charge in [-0.2, -0.15) is 0 Å². The highest BCUT2D eigenvalue weighted by Crippen LogP contribution is 2.49. The Morgan fingerprint density at radius 3 is 1.73 bits per heavy atom. The zero-order valence-electron chi connectivity index (χ0n) is 15.9. The average Bonchev–Trinajstić information content (AvgIpc) is 2.59. The third kappa shape index (κ3) is 8.07. The maximum Gasteiger partial charge on any atom is 0.587 e. The van der Waals surface area contributed by atoms with Crippen LogP contribution in [0.2, 0.25) is 0 Å². The standard InChI is InChI=1S/C21H29O4P/c1-21(2,3)17-11-6-12-18-23-26(22,24-19-13-7-4-8-14-19)25-20-15-9-5-10-16-20/h4-5,7-10,13-16H,6,11-12,17-18H2,1-3H3. The largest absolute Gasteiger partial charge is 0.587 e. The Labute approximate surface area is 157 Å². The minimum atomic E-state index is -3.74. The summed E-state index contributed by atoms with van der Waals surface area (Å²) < 4.78 is 29.8. The molecule has 0 N–H and O–H groups in total. The van der Waals surface area contributed by atoms with E-state index in [9.17, 15) is 4.57 Å². The number of para-hydroxylation sites is 2. The monoisotopic (exact) mass is 376 g/mol. The molecule has 0 aliphatic heterocycles. The molecule has 0 aliphatic rings. The van der Waals surface area contributed by atoms with Gasteiger partial charge in [0.25, 0.3) is 0 Å². The lowest BCUT2D eigenvalue weighted by molar-refractivity contribution is 0.204. The molecule has 5 heteroatoms. The first-order chi connectivity index (χ1) is 12.4. The van der Waals surface area contributed by atoms with E-state index in [0.29, 0.717) is 23.5 Å². The molecule has 0 saturated heterocycles. The van der Waals surface area contributed by atoms with E-state index in [4.69, 9.17) is 13.6 Å². The van der Waals surface area contributed by atoms with Gasteiger partial charge in [-0.15, -0.1) is 0 Å². The highest BCUT2D eigenvalue weighted by atomic mass is 31.2. The van der Waals surface area contributed by atoms with Crippen molar-refractivity contribution in [1.29, 1.82) is 0 Å². The summed E-state index contributed by atoms with van der Waals surface area (Å²) in [6, 6.07) is 17.9. The van der Waals surface area contributed by atoms with Gasteiger partial charge in [0.05, 0.1) is 6.61 Å². The van der Waals surface area contributed by atoms with Gasteiger partial charge < -0.3 is 9.05 Å². The third-order valence-electron chi connectivity index (χ3n) is 3.74. The molecule has 142 valence electrons. The molecule has 26 heavy (non-hydrogen) atoms. The van der Waals surface area contributed by atoms with E-state index in [2.05, 4.69) is 20.8 Å². The fraction of sp³-hybridized carbons (Fsp3) is 0.429. The molecular weight excluding hydrogens is 347 g/mol. The van der Waals surface area contributed by atoms with Gasteiger partial charge >= 0.3 is 7.82 Å². The number of phosphoric acid groups is 1. The summed E-state index contributed by atoms with van der Waals surface area (Å²) in [5.41, 5.74) is 0.336. The van der Waals surface area contributed by atoms with E-state index in [-0.39, 0.29) is 0 Å². The zero-order valence-corrected chi connectivity index (χ0v) is 16.8. The van der Waals surface area contributed by atoms with Crippen molar-refractivity contribution < 1.29 is 18.1 Å². The van der Waals surface area contributed by atoms with E-state index in [0.717, 1.165) is 25.7 Å². The van der Waals surface area contributed by atoms with Crippen LogP contribution in [0.3, 0.4) is 0 Å². The molecule has 0 amide bonds. The lowest BCUT2D eigenvalue weighted by Crippen LogP contribution is -2.07. The lowest BCUT2D eigenvalue weighted by atomic mass is 9.89. The van der Waals surface area contributed by atoms with Crippen LogP contribution in [0.1, 0.15) is 46.5 Å². The molecule has 2 rings (SSSR count). The van der Waals surface area contributed by atoms with Crippen LogP contribution in [0.25, 0.3) is 0 Å². The highest BCUT2D eigenvalue weighted by Gasteiger charge is 2.30. The second-order valence-electron chi connectivity index (χ2n) is 7.46. The van der Waals surface area contributed by atoms with Crippen molar-refractivity contribution in [3.8, 4) is 11.5 Å². The maximum absolute atomic E-state index is 13.1. The van der Waals surface area contributed by atoms with Gasteiger partial charge in [-0.3, -0.25) is 4.52 Å². The lowest BCUT2D eigenvalue weighted by Gasteiger charge is -2.20. The van der Waals surface area contributed by atoms with E-state index in [1.165, 1.54) is 0 Å². The quantitative estimate of drug-likeness (QED) is 0.335. The molecule has 0 unspecified atom stereocenters. The molecule has 0 aliphatic carbocycles. The van der Waals surface area contributed by atoms with Crippen molar-refractivity contribution in [2.75, 3.05) is 6.61 Å². The van der Waals surface area contributed by atoms with Crippen LogP contribution in [-0.2, 0) is 9.09 Å². The number of rotatable bonds is 10. The average molecular weight is 376 g/mol. The highest BCUT2D eigenvalue weighted by molar-refractivity contribution is 7.49. The third-order valence-corrected chi connectivity index (χ3v) is 5.11. The van der Waals surface area contributed by atoms with Crippen molar-refractivity contribution in [3.63, 3.8) is 0 Å². The van der Waals surface area contributed by atoms with Crippen LogP contribution in [0.15, 0.2) is 60.7 Å². The first-order valence-electron chi connectivity index (χ1n) is 9.10. The molecule has 0 radical (unpaired) electrons. The Balaban J connectivity index is 1.91. The van der Waals surface area contributed by atoms with E-state index in [1.54, 1.807) is 24.3 Å². The Morgan fingerprint density at radius 2 is 1.27 bits per heavy atom. The van der Waals surface area contributed by atoms with Gasteiger partial charge in [-0.1, -0.05) is 70.0 Å². The molecule has 0 bridgehead atoms. The molecule has 0 atom stereocenters. The van der Waals surface area contributed by atoms with Crippen molar-refractivity contribution in [3.05, 3.63) is 60.7 Å². The predicted octanol–water partition coefficient (Wildman–Crippen LogP) is 6.88. The van der Waals surface area contributed by atoms with Crippen LogP contribution in [-0.4, -0.2) is 6.61 Å². The van der Waals surface area contributed by atoms with Crippen molar-refractivity contribution in [2.24, 2.45) is 5.41 Å². The molecule has 4 nitrogen and oxygen atoms in total. The number of unbranched alkanes of at least 4 members (excludes halogenated alkanes) is 2. The Kier molecular flexibility index (Phi) is 7.74. The normalized spacial score (nSPS) is 12.0. The summed E-state index contributed by atoms with van der Waals surface area (Å²) in [6.45, 7) is 7.04. The van der Waals surface area contributed by atoms with Crippen LogP contribution < -0.4 is 9.05 Å². The fourth-order valence-corrected chi connectivity index (χ4v) is 3.66. The first kappa shape index (κ1) is 20.5. The first-order valence-corrected chi connectivity index (χ1v) is 10.6. The number of phosphoric ester groups is 1. The minimum Gasteiger partial charge on any atom is -0.395 e. The molecule has 2 aromatic carbocycles. The number of hydrogen-bond acceptors (Lipinski definition) is 4. The molecule has 0 saturated carbocycles. The van der Waals surface area contributed by atoms with Gasteiger partial charge in [0.1, 0.15) is 11.5 Å². The van der Waals surface area contributed by atoms with E-state index >= 15 is 0 Å². The van der Waals surface area contributed by atoms with Gasteiger partial charge in [0.2, 0.25) is 0 Å². The number of benzene rings is 2. The topological polar surface area (TPSA) is 44.8 Å². The Hall–Kier alpha value is -1.77. The van der Waals surface area contributed by atoms with E-state index in [1.807, 2.05) is 36.4 Å². The second-order valence-corrected chi connectivity index (χ2v) is 8.98.